The lowest BCUT2D eigenvalue weighted by molar-refractivity contribution is 0.0923. The van der Waals surface area contributed by atoms with E-state index >= 15 is 0 Å². The van der Waals surface area contributed by atoms with Crippen LogP contribution in [0.3, 0.4) is 0 Å². The second-order valence-electron chi connectivity index (χ2n) is 8.70. The normalized spacial score (nSPS) is 16.6. The predicted octanol–water partition coefficient (Wildman–Crippen LogP) is 2.94. The van der Waals surface area contributed by atoms with Crippen molar-refractivity contribution in [3.8, 4) is 22.9 Å². The first-order valence-electron chi connectivity index (χ1n) is 11.1. The maximum atomic E-state index is 12.9. The summed E-state index contributed by atoms with van der Waals surface area (Å²) >= 11 is 0. The number of aromatic hydroxyl groups is 2. The number of phenols is 2. The fourth-order valence-electron chi connectivity index (χ4n) is 4.02. The van der Waals surface area contributed by atoms with Gasteiger partial charge in [-0.1, -0.05) is 20.8 Å². The first kappa shape index (κ1) is 24.2. The topological polar surface area (TPSA) is 121 Å². The van der Waals surface area contributed by atoms with E-state index in [2.05, 4.69) is 15.5 Å². The van der Waals surface area contributed by atoms with Gasteiger partial charge in [0, 0.05) is 37.0 Å². The van der Waals surface area contributed by atoms with E-state index in [4.69, 9.17) is 0 Å². The van der Waals surface area contributed by atoms with Crippen LogP contribution in [-0.2, 0) is 11.0 Å². The number of carbonyl (C=O) groups excluding carboxylic acids is 1. The Bertz CT molecular complexity index is 996. The van der Waals surface area contributed by atoms with Crippen molar-refractivity contribution in [2.24, 2.45) is 0 Å². The molecule has 3 rings (SSSR count). The van der Waals surface area contributed by atoms with Crippen molar-refractivity contribution < 1.29 is 19.2 Å². The van der Waals surface area contributed by atoms with E-state index in [9.17, 15) is 19.2 Å². The van der Waals surface area contributed by atoms with Gasteiger partial charge in [-0.2, -0.15) is 0 Å². The molecule has 0 saturated carbocycles. The summed E-state index contributed by atoms with van der Waals surface area (Å²) in [5, 5.41) is 32.2. The summed E-state index contributed by atoms with van der Waals surface area (Å²) in [4.78, 5) is 12.9. The number of hydrogen-bond acceptors (Lipinski definition) is 6. The number of rotatable bonds is 7. The van der Waals surface area contributed by atoms with Gasteiger partial charge in [0.15, 0.2) is 5.82 Å². The number of phenolic OH excluding ortho intramolecular Hbond substituents is 2. The molecule has 1 aromatic carbocycles. The van der Waals surface area contributed by atoms with E-state index in [1.807, 2.05) is 38.9 Å². The fourth-order valence-corrected chi connectivity index (χ4v) is 5.01. The summed E-state index contributed by atoms with van der Waals surface area (Å²) in [5.41, 5.74) is 1.09. The van der Waals surface area contributed by atoms with Crippen molar-refractivity contribution in [1.82, 2.24) is 24.4 Å². The van der Waals surface area contributed by atoms with E-state index in [-0.39, 0.29) is 41.2 Å². The van der Waals surface area contributed by atoms with Gasteiger partial charge in [-0.15, -0.1) is 10.2 Å². The second-order valence-corrected chi connectivity index (χ2v) is 10.4. The number of piperidine rings is 1. The van der Waals surface area contributed by atoms with Crippen LogP contribution in [0.15, 0.2) is 12.1 Å². The first-order chi connectivity index (χ1) is 15.1. The van der Waals surface area contributed by atoms with E-state index in [0.29, 0.717) is 48.6 Å². The van der Waals surface area contributed by atoms with Crippen LogP contribution in [-0.4, -0.2) is 64.3 Å². The molecule has 0 aliphatic carbocycles. The lowest BCUT2D eigenvalue weighted by Gasteiger charge is -2.32. The van der Waals surface area contributed by atoms with Gasteiger partial charge >= 0.3 is 0 Å². The highest BCUT2D eigenvalue weighted by atomic mass is 32.2. The monoisotopic (exact) mass is 463 g/mol. The summed E-state index contributed by atoms with van der Waals surface area (Å²) in [5.74, 6) is 0.726. The largest absolute Gasteiger partial charge is 0.508 e. The summed E-state index contributed by atoms with van der Waals surface area (Å²) in [7, 11) is -1.01. The zero-order valence-electron chi connectivity index (χ0n) is 19.3. The molecule has 2 aromatic rings. The van der Waals surface area contributed by atoms with Crippen molar-refractivity contribution in [3.05, 3.63) is 23.5 Å². The highest BCUT2D eigenvalue weighted by molar-refractivity contribution is 7.82. The molecule has 0 bridgehead atoms. The van der Waals surface area contributed by atoms with Crippen molar-refractivity contribution in [2.45, 2.75) is 65.5 Å². The van der Waals surface area contributed by atoms with E-state index in [0.717, 1.165) is 0 Å². The molecule has 0 spiro atoms. The number of amides is 1. The maximum Gasteiger partial charge on any atom is 0.289 e. The minimum Gasteiger partial charge on any atom is -0.508 e. The minimum absolute atomic E-state index is 0.0143. The fraction of sp³-hybridized carbons (Fsp3) is 0.591. The molecule has 1 aliphatic rings. The number of hydrogen-bond donors (Lipinski definition) is 3. The zero-order valence-corrected chi connectivity index (χ0v) is 20.1. The SMILES string of the molecule is CCS(=O)N1CCC(n2c(C(=O)NC(C)C)nnc2-c2cc(C(C)C)c(O)cc2O)CC1. The highest BCUT2D eigenvalue weighted by Gasteiger charge is 2.31. The third-order valence-electron chi connectivity index (χ3n) is 5.65. The Balaban J connectivity index is 2.07. The molecular weight excluding hydrogens is 430 g/mol. The molecule has 9 nitrogen and oxygen atoms in total. The van der Waals surface area contributed by atoms with E-state index in [1.54, 1.807) is 10.6 Å². The molecule has 0 radical (unpaired) electrons. The summed E-state index contributed by atoms with van der Waals surface area (Å²) in [6, 6.07) is 2.86. The quantitative estimate of drug-likeness (QED) is 0.581. The Morgan fingerprint density at radius 2 is 1.81 bits per heavy atom. The molecule has 1 unspecified atom stereocenters. The Morgan fingerprint density at radius 1 is 1.16 bits per heavy atom. The average molecular weight is 464 g/mol. The predicted molar refractivity (Wildman–Crippen MR) is 124 cm³/mol. The number of nitrogens with zero attached hydrogens (tertiary/aromatic N) is 4. The summed E-state index contributed by atoms with van der Waals surface area (Å²) < 4.78 is 15.9. The Morgan fingerprint density at radius 3 is 2.38 bits per heavy atom. The molecule has 1 saturated heterocycles. The van der Waals surface area contributed by atoms with Crippen molar-refractivity contribution in [2.75, 3.05) is 18.8 Å². The van der Waals surface area contributed by atoms with Gasteiger partial charge in [0.2, 0.25) is 5.82 Å². The van der Waals surface area contributed by atoms with Crippen LogP contribution < -0.4 is 5.32 Å². The van der Waals surface area contributed by atoms with Crippen LogP contribution in [0, 0.1) is 0 Å². The third-order valence-corrected chi connectivity index (χ3v) is 7.09. The van der Waals surface area contributed by atoms with Gasteiger partial charge in [-0.3, -0.25) is 9.36 Å². The third kappa shape index (κ3) is 4.96. The smallest absolute Gasteiger partial charge is 0.289 e. The van der Waals surface area contributed by atoms with E-state index in [1.165, 1.54) is 6.07 Å². The number of carbonyl (C=O) groups is 1. The molecule has 3 N–H and O–H groups in total. The minimum atomic E-state index is -1.01. The molecule has 32 heavy (non-hydrogen) atoms. The molecule has 1 atom stereocenters. The number of benzene rings is 1. The Hall–Kier alpha value is -2.46. The van der Waals surface area contributed by atoms with Gasteiger partial charge < -0.3 is 15.5 Å². The molecule has 1 amide bonds. The van der Waals surface area contributed by atoms with Crippen LogP contribution in [0.1, 0.15) is 75.6 Å². The molecule has 10 heteroatoms. The van der Waals surface area contributed by atoms with E-state index < -0.39 is 11.0 Å². The van der Waals surface area contributed by atoms with Gasteiger partial charge in [0.05, 0.1) is 16.5 Å². The zero-order chi connectivity index (χ0) is 23.6. The van der Waals surface area contributed by atoms with Crippen LogP contribution >= 0.6 is 0 Å². The lowest BCUT2D eigenvalue weighted by atomic mass is 9.98. The molecule has 1 fully saturated rings. The van der Waals surface area contributed by atoms with Crippen molar-refractivity contribution >= 4 is 16.9 Å². The lowest BCUT2D eigenvalue weighted by Crippen LogP contribution is -2.38. The van der Waals surface area contributed by atoms with Crippen LogP contribution in [0.25, 0.3) is 11.4 Å². The number of aromatic nitrogens is 3. The van der Waals surface area contributed by atoms with Gasteiger partial charge in [-0.25, -0.2) is 8.51 Å². The van der Waals surface area contributed by atoms with Crippen LogP contribution in [0.4, 0.5) is 0 Å². The Labute approximate surface area is 191 Å². The van der Waals surface area contributed by atoms with Crippen LogP contribution in [0.2, 0.25) is 0 Å². The summed E-state index contributed by atoms with van der Waals surface area (Å²) in [6.07, 6.45) is 1.35. The second kappa shape index (κ2) is 9.99. The van der Waals surface area contributed by atoms with Gasteiger partial charge in [0.1, 0.15) is 11.5 Å². The Kier molecular flexibility index (Phi) is 7.55. The van der Waals surface area contributed by atoms with Crippen molar-refractivity contribution in [1.29, 1.82) is 0 Å². The van der Waals surface area contributed by atoms with Gasteiger partial charge in [-0.05, 0) is 44.2 Å². The van der Waals surface area contributed by atoms with Crippen LogP contribution in [0.5, 0.6) is 11.5 Å². The highest BCUT2D eigenvalue weighted by Crippen LogP contribution is 2.39. The molecular formula is C22H33N5O4S. The van der Waals surface area contributed by atoms with Gasteiger partial charge in [0.25, 0.3) is 5.91 Å². The van der Waals surface area contributed by atoms with Crippen molar-refractivity contribution in [3.63, 3.8) is 0 Å². The average Bonchev–Trinajstić information content (AvgIpc) is 3.17. The molecule has 1 aromatic heterocycles. The molecule has 2 heterocycles. The molecule has 1 aliphatic heterocycles. The first-order valence-corrected chi connectivity index (χ1v) is 12.4. The maximum absolute atomic E-state index is 12.9. The number of nitrogens with one attached hydrogen (secondary N) is 1. The standard InChI is InChI=1S/C22H33N5O4S/c1-6-32(31)26-9-7-15(8-10-26)27-20(24-25-21(27)22(30)23-14(4)5)17-11-16(13(2)3)18(28)12-19(17)29/h11-15,28-29H,6-10H2,1-5H3,(H,23,30). The molecule has 176 valence electrons. The summed E-state index contributed by atoms with van der Waals surface area (Å²) in [6.45, 7) is 10.8.